The van der Waals surface area contributed by atoms with Crippen molar-refractivity contribution < 1.29 is 27.4 Å². The highest BCUT2D eigenvalue weighted by molar-refractivity contribution is 7.09. The Hall–Kier alpha value is -4.09. The molecular formula is C32H33F3N4O3S. The standard InChI is InChI=1S/C32H33F3N4O3S/c1-41-27-10-6-23(7-11-27)19-37(20-24-4-3-5-25(18-24)32(33,34)35)21-30-36-29(22-43-30)31(40)39-16-14-38(15-17-39)26-8-12-28(42-2)13-9-26/h3-13,18,22H,14-17,19-21H2,1-2H3. The third-order valence-corrected chi connectivity index (χ3v) is 8.19. The second-order valence-electron chi connectivity index (χ2n) is 10.3. The van der Waals surface area contributed by atoms with Gasteiger partial charge in [-0.1, -0.05) is 30.3 Å². The zero-order chi connectivity index (χ0) is 30.4. The van der Waals surface area contributed by atoms with Gasteiger partial charge in [-0.3, -0.25) is 9.69 Å². The minimum atomic E-state index is -4.42. The van der Waals surface area contributed by atoms with E-state index in [9.17, 15) is 18.0 Å². The van der Waals surface area contributed by atoms with Crippen LogP contribution in [-0.2, 0) is 25.8 Å². The highest BCUT2D eigenvalue weighted by atomic mass is 32.1. The van der Waals surface area contributed by atoms with Crippen LogP contribution in [-0.4, -0.2) is 61.1 Å². The van der Waals surface area contributed by atoms with Gasteiger partial charge in [-0.05, 0) is 53.6 Å². The molecule has 7 nitrogen and oxygen atoms in total. The minimum absolute atomic E-state index is 0.114. The predicted octanol–water partition coefficient (Wildman–Crippen LogP) is 6.34. The van der Waals surface area contributed by atoms with E-state index >= 15 is 0 Å². The Kier molecular flexibility index (Phi) is 9.52. The van der Waals surface area contributed by atoms with Crippen molar-refractivity contribution in [1.29, 1.82) is 0 Å². The molecule has 1 aliphatic heterocycles. The zero-order valence-corrected chi connectivity index (χ0v) is 24.8. The number of hydrogen-bond donors (Lipinski definition) is 0. The van der Waals surface area contributed by atoms with E-state index in [4.69, 9.17) is 9.47 Å². The molecular weight excluding hydrogens is 577 g/mol. The Bertz CT molecular complexity index is 1500. The summed E-state index contributed by atoms with van der Waals surface area (Å²) in [4.78, 5) is 24.0. The SMILES string of the molecule is COc1ccc(CN(Cc2cccc(C(F)(F)F)c2)Cc2nc(C(=O)N3CCN(c4ccc(OC)cc4)CC3)cs2)cc1. The molecule has 0 radical (unpaired) electrons. The lowest BCUT2D eigenvalue weighted by Gasteiger charge is -2.35. The first-order valence-corrected chi connectivity index (χ1v) is 14.7. The summed E-state index contributed by atoms with van der Waals surface area (Å²) in [6.45, 7) is 3.73. The van der Waals surface area contributed by atoms with Gasteiger partial charge in [-0.15, -0.1) is 11.3 Å². The van der Waals surface area contributed by atoms with Gasteiger partial charge in [0.1, 0.15) is 22.2 Å². The second kappa shape index (κ2) is 13.5. The molecule has 226 valence electrons. The van der Waals surface area contributed by atoms with E-state index in [1.54, 1.807) is 25.7 Å². The molecule has 3 aromatic carbocycles. The minimum Gasteiger partial charge on any atom is -0.497 e. The van der Waals surface area contributed by atoms with Crippen molar-refractivity contribution in [3.05, 3.63) is 106 Å². The summed E-state index contributed by atoms with van der Waals surface area (Å²) >= 11 is 1.38. The maximum atomic E-state index is 13.4. The van der Waals surface area contributed by atoms with Crippen LogP contribution in [0.3, 0.4) is 0 Å². The Morgan fingerprint density at radius 1 is 0.860 bits per heavy atom. The van der Waals surface area contributed by atoms with E-state index in [1.807, 2.05) is 58.3 Å². The molecule has 0 atom stereocenters. The number of methoxy groups -OCH3 is 2. The number of hydrogen-bond acceptors (Lipinski definition) is 7. The molecule has 43 heavy (non-hydrogen) atoms. The summed E-state index contributed by atoms with van der Waals surface area (Å²) in [6, 6.07) is 20.8. The summed E-state index contributed by atoms with van der Waals surface area (Å²) in [6.07, 6.45) is -4.42. The van der Waals surface area contributed by atoms with Gasteiger partial charge in [-0.2, -0.15) is 13.2 Å². The molecule has 1 saturated heterocycles. The van der Waals surface area contributed by atoms with Gasteiger partial charge >= 0.3 is 6.18 Å². The first kappa shape index (κ1) is 30.4. The van der Waals surface area contributed by atoms with Crippen LogP contribution in [0.5, 0.6) is 11.5 Å². The number of amides is 1. The van der Waals surface area contributed by atoms with E-state index in [-0.39, 0.29) is 12.5 Å². The monoisotopic (exact) mass is 610 g/mol. The molecule has 0 aliphatic carbocycles. The van der Waals surface area contributed by atoms with Gasteiger partial charge in [-0.25, -0.2) is 4.98 Å². The van der Waals surface area contributed by atoms with Crippen LogP contribution in [0.2, 0.25) is 0 Å². The number of carbonyl (C=O) groups is 1. The number of halogens is 3. The van der Waals surface area contributed by atoms with Gasteiger partial charge in [0, 0.05) is 50.3 Å². The first-order valence-electron chi connectivity index (χ1n) is 13.9. The molecule has 1 amide bonds. The average molecular weight is 611 g/mol. The summed E-state index contributed by atoms with van der Waals surface area (Å²) < 4.78 is 50.6. The van der Waals surface area contributed by atoms with Crippen LogP contribution in [0.4, 0.5) is 18.9 Å². The summed E-state index contributed by atoms with van der Waals surface area (Å²) in [5, 5.41) is 2.49. The second-order valence-corrected chi connectivity index (χ2v) is 11.2. The van der Waals surface area contributed by atoms with Crippen LogP contribution in [0, 0.1) is 0 Å². The van der Waals surface area contributed by atoms with Crippen molar-refractivity contribution in [1.82, 2.24) is 14.8 Å². The maximum Gasteiger partial charge on any atom is 0.416 e. The molecule has 2 heterocycles. The van der Waals surface area contributed by atoms with Crippen LogP contribution in [0.15, 0.2) is 78.2 Å². The van der Waals surface area contributed by atoms with E-state index in [1.165, 1.54) is 23.5 Å². The normalized spacial score (nSPS) is 13.8. The lowest BCUT2D eigenvalue weighted by molar-refractivity contribution is -0.137. The van der Waals surface area contributed by atoms with Crippen LogP contribution in [0.1, 0.15) is 32.2 Å². The molecule has 1 aromatic heterocycles. The number of carbonyl (C=O) groups excluding carboxylic acids is 1. The first-order chi connectivity index (χ1) is 20.7. The number of aromatic nitrogens is 1. The third-order valence-electron chi connectivity index (χ3n) is 7.36. The van der Waals surface area contributed by atoms with Gasteiger partial charge in [0.2, 0.25) is 0 Å². The van der Waals surface area contributed by atoms with Gasteiger partial charge in [0.25, 0.3) is 5.91 Å². The number of ether oxygens (including phenoxy) is 2. The fraction of sp³-hybridized carbons (Fsp3) is 0.312. The molecule has 0 N–H and O–H groups in total. The maximum absolute atomic E-state index is 13.4. The number of thiazole rings is 1. The Morgan fingerprint density at radius 2 is 1.49 bits per heavy atom. The fourth-order valence-corrected chi connectivity index (χ4v) is 5.87. The number of rotatable bonds is 10. The van der Waals surface area contributed by atoms with Crippen LogP contribution >= 0.6 is 11.3 Å². The third kappa shape index (κ3) is 7.85. The zero-order valence-electron chi connectivity index (χ0n) is 24.0. The highest BCUT2D eigenvalue weighted by Gasteiger charge is 2.30. The summed E-state index contributed by atoms with van der Waals surface area (Å²) in [5.41, 5.74) is 2.33. The largest absolute Gasteiger partial charge is 0.497 e. The van der Waals surface area contributed by atoms with Crippen molar-refractivity contribution in [2.45, 2.75) is 25.8 Å². The number of alkyl halides is 3. The molecule has 4 aromatic rings. The van der Waals surface area contributed by atoms with Crippen molar-refractivity contribution in [3.8, 4) is 11.5 Å². The quantitative estimate of drug-likeness (QED) is 0.209. The van der Waals surface area contributed by atoms with Crippen LogP contribution < -0.4 is 14.4 Å². The molecule has 1 aliphatic rings. The number of piperazine rings is 1. The average Bonchev–Trinajstić information content (AvgIpc) is 3.49. The number of nitrogens with zero attached hydrogens (tertiary/aromatic N) is 4. The molecule has 0 saturated carbocycles. The van der Waals surface area contributed by atoms with Crippen molar-refractivity contribution in [3.63, 3.8) is 0 Å². The molecule has 11 heteroatoms. The van der Waals surface area contributed by atoms with Crippen molar-refractivity contribution >= 4 is 22.9 Å². The molecule has 0 bridgehead atoms. The highest BCUT2D eigenvalue weighted by Crippen LogP contribution is 2.30. The van der Waals surface area contributed by atoms with Gasteiger partial charge in [0.05, 0.1) is 26.3 Å². The Labute approximate surface area is 253 Å². The lowest BCUT2D eigenvalue weighted by atomic mass is 10.1. The summed E-state index contributed by atoms with van der Waals surface area (Å²) in [7, 11) is 3.23. The smallest absolute Gasteiger partial charge is 0.416 e. The van der Waals surface area contributed by atoms with E-state index in [0.717, 1.165) is 33.8 Å². The molecule has 1 fully saturated rings. The van der Waals surface area contributed by atoms with E-state index in [2.05, 4.69) is 9.88 Å². The topological polar surface area (TPSA) is 58.1 Å². The predicted molar refractivity (Wildman–Crippen MR) is 161 cm³/mol. The Morgan fingerprint density at radius 3 is 2.12 bits per heavy atom. The Balaban J connectivity index is 1.25. The van der Waals surface area contributed by atoms with E-state index < -0.39 is 11.7 Å². The molecule has 0 spiro atoms. The molecule has 0 unspecified atom stereocenters. The molecule has 5 rings (SSSR count). The van der Waals surface area contributed by atoms with Crippen molar-refractivity contribution in [2.75, 3.05) is 45.3 Å². The summed E-state index contributed by atoms with van der Waals surface area (Å²) in [5.74, 6) is 1.41. The van der Waals surface area contributed by atoms with Gasteiger partial charge in [0.15, 0.2) is 0 Å². The van der Waals surface area contributed by atoms with Crippen molar-refractivity contribution in [2.24, 2.45) is 0 Å². The fourth-order valence-electron chi connectivity index (χ4n) is 5.06. The van der Waals surface area contributed by atoms with E-state index in [0.29, 0.717) is 50.5 Å². The van der Waals surface area contributed by atoms with Gasteiger partial charge < -0.3 is 19.3 Å². The lowest BCUT2D eigenvalue weighted by Crippen LogP contribution is -2.48. The number of anilines is 1. The number of benzene rings is 3. The van der Waals surface area contributed by atoms with Crippen LogP contribution in [0.25, 0.3) is 0 Å².